The van der Waals surface area contributed by atoms with E-state index in [0.717, 1.165) is 11.1 Å². The molecule has 7 nitrogen and oxygen atoms in total. The van der Waals surface area contributed by atoms with E-state index in [4.69, 9.17) is 0 Å². The molecule has 1 aliphatic rings. The number of pyridine rings is 1. The summed E-state index contributed by atoms with van der Waals surface area (Å²) >= 11 is 0. The zero-order valence-corrected chi connectivity index (χ0v) is 16.4. The Hall–Kier alpha value is -3.22. The van der Waals surface area contributed by atoms with Crippen molar-refractivity contribution >= 4 is 23.4 Å². The summed E-state index contributed by atoms with van der Waals surface area (Å²) in [5.41, 5.74) is 3.40. The first-order valence-electron chi connectivity index (χ1n) is 9.24. The van der Waals surface area contributed by atoms with Crippen LogP contribution in [0.2, 0.25) is 0 Å². The molecule has 0 aliphatic carbocycles. The molecule has 1 aromatic heterocycles. The highest BCUT2D eigenvalue weighted by molar-refractivity contribution is 6.04. The molecular weight excluding hydrogens is 356 g/mol. The van der Waals surface area contributed by atoms with Crippen molar-refractivity contribution < 1.29 is 14.4 Å². The van der Waals surface area contributed by atoms with Crippen molar-refractivity contribution in [2.75, 3.05) is 31.5 Å². The van der Waals surface area contributed by atoms with Crippen LogP contribution < -0.4 is 5.32 Å². The molecule has 2 heterocycles. The number of carbonyl (C=O) groups is 3. The maximum atomic E-state index is 12.8. The third kappa shape index (κ3) is 4.54. The van der Waals surface area contributed by atoms with Crippen LogP contribution in [0.5, 0.6) is 0 Å². The van der Waals surface area contributed by atoms with Gasteiger partial charge in [-0.3, -0.25) is 19.4 Å². The molecule has 0 saturated carbocycles. The van der Waals surface area contributed by atoms with E-state index in [1.54, 1.807) is 15.9 Å². The Bertz CT molecular complexity index is 897. The highest BCUT2D eigenvalue weighted by Gasteiger charge is 2.24. The smallest absolute Gasteiger partial charge is 0.274 e. The predicted octanol–water partition coefficient (Wildman–Crippen LogP) is 2.26. The van der Waals surface area contributed by atoms with Crippen molar-refractivity contribution in [2.24, 2.45) is 0 Å². The lowest BCUT2D eigenvalue weighted by molar-refractivity contribution is -0.130. The average Bonchev–Trinajstić information content (AvgIpc) is 2.66. The number of piperazine rings is 1. The monoisotopic (exact) mass is 380 g/mol. The molecule has 2 aromatic rings. The molecule has 28 heavy (non-hydrogen) atoms. The summed E-state index contributed by atoms with van der Waals surface area (Å²) in [5.74, 6) is -0.506. The second kappa shape index (κ2) is 8.21. The van der Waals surface area contributed by atoms with Gasteiger partial charge in [-0.15, -0.1) is 0 Å². The number of carbonyl (C=O) groups excluding carboxylic acids is 3. The minimum Gasteiger partial charge on any atom is -0.339 e. The minimum absolute atomic E-state index is 0.0151. The third-order valence-electron chi connectivity index (χ3n) is 4.73. The van der Waals surface area contributed by atoms with E-state index < -0.39 is 0 Å². The summed E-state index contributed by atoms with van der Waals surface area (Å²) in [4.78, 5) is 44.3. The van der Waals surface area contributed by atoms with E-state index in [1.165, 1.54) is 19.2 Å². The highest BCUT2D eigenvalue weighted by Crippen LogP contribution is 2.15. The predicted molar refractivity (Wildman–Crippen MR) is 106 cm³/mol. The van der Waals surface area contributed by atoms with E-state index in [1.807, 2.05) is 32.0 Å². The molecule has 146 valence electrons. The Kier molecular flexibility index (Phi) is 5.73. The fourth-order valence-corrected chi connectivity index (χ4v) is 3.34. The number of aryl methyl sites for hydroxylation is 2. The van der Waals surface area contributed by atoms with Gasteiger partial charge in [-0.05, 0) is 49.2 Å². The normalized spacial score (nSPS) is 14.0. The van der Waals surface area contributed by atoms with Gasteiger partial charge in [0.2, 0.25) is 5.91 Å². The lowest BCUT2D eigenvalue weighted by Crippen LogP contribution is -2.50. The summed E-state index contributed by atoms with van der Waals surface area (Å²) in [6.07, 6.45) is 1.47. The van der Waals surface area contributed by atoms with Crippen LogP contribution in [0, 0.1) is 13.8 Å². The molecule has 3 amide bonds. The molecule has 1 aliphatic heterocycles. The Morgan fingerprint density at radius 1 is 0.929 bits per heavy atom. The molecular formula is C21H24N4O3. The van der Waals surface area contributed by atoms with Gasteiger partial charge in [-0.1, -0.05) is 6.07 Å². The molecule has 1 aromatic carbocycles. The quantitative estimate of drug-likeness (QED) is 0.885. The van der Waals surface area contributed by atoms with E-state index in [-0.39, 0.29) is 23.4 Å². The van der Waals surface area contributed by atoms with Crippen molar-refractivity contribution in [3.8, 4) is 0 Å². The van der Waals surface area contributed by atoms with Crippen LogP contribution in [-0.2, 0) is 4.79 Å². The van der Waals surface area contributed by atoms with E-state index >= 15 is 0 Å². The topological polar surface area (TPSA) is 82.6 Å². The van der Waals surface area contributed by atoms with Crippen LogP contribution in [-0.4, -0.2) is 58.7 Å². The molecule has 0 radical (unpaired) electrons. The summed E-state index contributed by atoms with van der Waals surface area (Å²) in [6, 6.07) is 8.91. The molecule has 1 N–H and O–H groups in total. The zero-order chi connectivity index (χ0) is 20.3. The molecule has 1 fully saturated rings. The van der Waals surface area contributed by atoms with E-state index in [0.29, 0.717) is 37.4 Å². The maximum absolute atomic E-state index is 12.8. The lowest BCUT2D eigenvalue weighted by Gasteiger charge is -2.34. The summed E-state index contributed by atoms with van der Waals surface area (Å²) in [5, 5.41) is 2.83. The Morgan fingerprint density at radius 2 is 1.54 bits per heavy atom. The van der Waals surface area contributed by atoms with Gasteiger partial charge in [0, 0.05) is 50.6 Å². The molecule has 0 unspecified atom stereocenters. The van der Waals surface area contributed by atoms with Crippen molar-refractivity contribution in [1.82, 2.24) is 14.8 Å². The number of rotatable bonds is 3. The van der Waals surface area contributed by atoms with E-state index in [2.05, 4.69) is 10.3 Å². The van der Waals surface area contributed by atoms with Gasteiger partial charge in [-0.25, -0.2) is 0 Å². The van der Waals surface area contributed by atoms with Crippen LogP contribution in [0.1, 0.15) is 38.9 Å². The van der Waals surface area contributed by atoms with E-state index in [9.17, 15) is 14.4 Å². The molecule has 7 heteroatoms. The van der Waals surface area contributed by atoms with Gasteiger partial charge in [-0.2, -0.15) is 0 Å². The van der Waals surface area contributed by atoms with Crippen molar-refractivity contribution in [1.29, 1.82) is 0 Å². The number of nitrogens with zero attached hydrogens (tertiary/aromatic N) is 3. The van der Waals surface area contributed by atoms with Crippen molar-refractivity contribution in [2.45, 2.75) is 20.8 Å². The zero-order valence-electron chi connectivity index (χ0n) is 16.4. The number of anilines is 1. The van der Waals surface area contributed by atoms with Crippen molar-refractivity contribution in [3.63, 3.8) is 0 Å². The van der Waals surface area contributed by atoms with Gasteiger partial charge >= 0.3 is 0 Å². The van der Waals surface area contributed by atoms with Crippen LogP contribution in [0.15, 0.2) is 36.5 Å². The second-order valence-electron chi connectivity index (χ2n) is 7.06. The number of aromatic nitrogens is 1. The third-order valence-corrected chi connectivity index (χ3v) is 4.73. The molecule has 0 bridgehead atoms. The number of benzene rings is 1. The molecule has 0 atom stereocenters. The fraction of sp³-hybridized carbons (Fsp3) is 0.333. The minimum atomic E-state index is -0.360. The summed E-state index contributed by atoms with van der Waals surface area (Å²) in [7, 11) is 0. The average molecular weight is 380 g/mol. The first-order valence-corrected chi connectivity index (χ1v) is 9.24. The van der Waals surface area contributed by atoms with Crippen molar-refractivity contribution in [3.05, 3.63) is 58.9 Å². The molecule has 3 rings (SSSR count). The van der Waals surface area contributed by atoms with Gasteiger partial charge in [0.25, 0.3) is 11.8 Å². The highest BCUT2D eigenvalue weighted by atomic mass is 16.2. The van der Waals surface area contributed by atoms with Gasteiger partial charge < -0.3 is 15.1 Å². The number of nitrogens with one attached hydrogen (secondary N) is 1. The Balaban J connectivity index is 1.70. The summed E-state index contributed by atoms with van der Waals surface area (Å²) < 4.78 is 0. The first kappa shape index (κ1) is 19.5. The standard InChI is InChI=1S/C21H24N4O3/c1-14-10-15(2)12-18(11-14)23-20(27)19-13-17(4-5-22-19)21(28)25-8-6-24(7-9-25)16(3)26/h4-5,10-13H,6-9H2,1-3H3,(H,23,27). The lowest BCUT2D eigenvalue weighted by atomic mass is 10.1. The molecule has 1 saturated heterocycles. The fourth-order valence-electron chi connectivity index (χ4n) is 3.34. The molecule has 0 spiro atoms. The Labute approximate surface area is 164 Å². The number of hydrogen-bond donors (Lipinski definition) is 1. The van der Waals surface area contributed by atoms with Gasteiger partial charge in [0.15, 0.2) is 0 Å². The van der Waals surface area contributed by atoms with Crippen LogP contribution in [0.4, 0.5) is 5.69 Å². The Morgan fingerprint density at radius 3 is 2.14 bits per heavy atom. The number of hydrogen-bond acceptors (Lipinski definition) is 4. The van der Waals surface area contributed by atoms with Crippen LogP contribution >= 0.6 is 0 Å². The maximum Gasteiger partial charge on any atom is 0.274 e. The summed E-state index contributed by atoms with van der Waals surface area (Å²) in [6.45, 7) is 7.45. The SMILES string of the molecule is CC(=O)N1CCN(C(=O)c2ccnc(C(=O)Nc3cc(C)cc(C)c3)c2)CC1. The van der Waals surface area contributed by atoms with Crippen LogP contribution in [0.25, 0.3) is 0 Å². The van der Waals surface area contributed by atoms with Gasteiger partial charge in [0.05, 0.1) is 0 Å². The van der Waals surface area contributed by atoms with Gasteiger partial charge in [0.1, 0.15) is 5.69 Å². The largest absolute Gasteiger partial charge is 0.339 e. The first-order chi connectivity index (χ1) is 13.3. The van der Waals surface area contributed by atoms with Crippen LogP contribution in [0.3, 0.4) is 0 Å². The second-order valence-corrected chi connectivity index (χ2v) is 7.06. The number of amides is 3.